The largest absolute Gasteiger partial charge is 0.384 e. The minimum absolute atomic E-state index is 0.573. The number of nitrogens with zero attached hydrogens (tertiary/aromatic N) is 2. The molecule has 1 aromatic heterocycles. The molecular formula is C11H20BrN3O2. The first kappa shape index (κ1) is 14.6. The van der Waals surface area contributed by atoms with Gasteiger partial charge in [0, 0.05) is 7.11 Å². The normalized spacial score (nSPS) is 14.9. The molecular weight excluding hydrogens is 286 g/mol. The Labute approximate surface area is 110 Å². The van der Waals surface area contributed by atoms with Gasteiger partial charge in [0.2, 0.25) is 0 Å². The van der Waals surface area contributed by atoms with Crippen LogP contribution in [0.2, 0.25) is 0 Å². The van der Waals surface area contributed by atoms with E-state index in [0.29, 0.717) is 19.6 Å². The predicted molar refractivity (Wildman–Crippen MR) is 69.9 cm³/mol. The summed E-state index contributed by atoms with van der Waals surface area (Å²) >= 11 is 3.43. The average molecular weight is 306 g/mol. The molecule has 98 valence electrons. The van der Waals surface area contributed by atoms with Crippen molar-refractivity contribution in [1.82, 2.24) is 15.1 Å². The Kier molecular flexibility index (Phi) is 5.58. The van der Waals surface area contributed by atoms with Gasteiger partial charge in [0.1, 0.15) is 5.60 Å². The zero-order valence-corrected chi connectivity index (χ0v) is 12.1. The van der Waals surface area contributed by atoms with Crippen LogP contribution >= 0.6 is 15.9 Å². The predicted octanol–water partition coefficient (Wildman–Crippen LogP) is 1.11. The molecule has 0 aromatic carbocycles. The maximum absolute atomic E-state index is 10.5. The monoisotopic (exact) mass is 305 g/mol. The van der Waals surface area contributed by atoms with E-state index in [0.717, 1.165) is 16.7 Å². The molecule has 0 spiro atoms. The molecule has 0 aliphatic heterocycles. The lowest BCUT2D eigenvalue weighted by molar-refractivity contribution is 0.0367. The van der Waals surface area contributed by atoms with Gasteiger partial charge in [0.15, 0.2) is 0 Å². The van der Waals surface area contributed by atoms with Gasteiger partial charge in [-0.15, -0.1) is 0 Å². The van der Waals surface area contributed by atoms with Gasteiger partial charge < -0.3 is 15.2 Å². The van der Waals surface area contributed by atoms with E-state index in [2.05, 4.69) is 26.3 Å². The van der Waals surface area contributed by atoms with Gasteiger partial charge in [-0.05, 0) is 42.9 Å². The zero-order chi connectivity index (χ0) is 12.9. The first-order valence-corrected chi connectivity index (χ1v) is 6.40. The highest BCUT2D eigenvalue weighted by molar-refractivity contribution is 9.10. The van der Waals surface area contributed by atoms with Crippen LogP contribution in [0.4, 0.5) is 0 Å². The minimum Gasteiger partial charge on any atom is -0.384 e. The van der Waals surface area contributed by atoms with Crippen molar-refractivity contribution < 1.29 is 9.84 Å². The molecule has 0 aliphatic carbocycles. The van der Waals surface area contributed by atoms with Crippen LogP contribution in [0.3, 0.4) is 0 Å². The zero-order valence-electron chi connectivity index (χ0n) is 10.5. The summed E-state index contributed by atoms with van der Waals surface area (Å²) in [6.07, 6.45) is 2.33. The molecule has 0 fully saturated rings. The van der Waals surface area contributed by atoms with E-state index >= 15 is 0 Å². The Hall–Kier alpha value is -0.430. The third-order valence-electron chi connectivity index (χ3n) is 2.67. The number of hydrogen-bond donors (Lipinski definition) is 2. The third kappa shape index (κ3) is 3.77. The van der Waals surface area contributed by atoms with Crippen molar-refractivity contribution in [3.63, 3.8) is 0 Å². The van der Waals surface area contributed by atoms with Gasteiger partial charge in [-0.1, -0.05) is 0 Å². The number of methoxy groups -OCH3 is 1. The minimum atomic E-state index is -0.911. The Bertz CT molecular complexity index is 352. The van der Waals surface area contributed by atoms with E-state index in [4.69, 9.17) is 4.74 Å². The molecule has 2 N–H and O–H groups in total. The second-order valence-electron chi connectivity index (χ2n) is 4.18. The van der Waals surface area contributed by atoms with Crippen LogP contribution in [0, 0.1) is 0 Å². The molecule has 1 atom stereocenters. The van der Waals surface area contributed by atoms with E-state index in [1.165, 1.54) is 0 Å². The van der Waals surface area contributed by atoms with Gasteiger partial charge in [-0.2, -0.15) is 5.10 Å². The van der Waals surface area contributed by atoms with E-state index < -0.39 is 5.60 Å². The summed E-state index contributed by atoms with van der Waals surface area (Å²) in [5, 5.41) is 17.8. The molecule has 1 heterocycles. The number of nitrogens with one attached hydrogen (secondary N) is 1. The fraction of sp³-hybridized carbons (Fsp3) is 0.727. The highest BCUT2D eigenvalue weighted by Gasteiger charge is 2.29. The van der Waals surface area contributed by atoms with Gasteiger partial charge in [0.05, 0.1) is 29.5 Å². The average Bonchev–Trinajstić information content (AvgIpc) is 2.66. The molecule has 0 amide bonds. The maximum Gasteiger partial charge on any atom is 0.106 e. The Morgan fingerprint density at radius 1 is 1.65 bits per heavy atom. The molecule has 1 rings (SSSR count). The van der Waals surface area contributed by atoms with Gasteiger partial charge >= 0.3 is 0 Å². The molecule has 0 radical (unpaired) electrons. The van der Waals surface area contributed by atoms with Crippen LogP contribution in [0.5, 0.6) is 0 Å². The Morgan fingerprint density at radius 3 is 2.94 bits per heavy atom. The summed E-state index contributed by atoms with van der Waals surface area (Å²) in [6.45, 7) is 3.75. The van der Waals surface area contributed by atoms with Crippen molar-refractivity contribution in [3.05, 3.63) is 16.4 Å². The van der Waals surface area contributed by atoms with Crippen LogP contribution in [-0.2, 0) is 16.9 Å². The van der Waals surface area contributed by atoms with Crippen molar-refractivity contribution in [2.24, 2.45) is 0 Å². The third-order valence-corrected chi connectivity index (χ3v) is 3.25. The molecule has 5 nitrogen and oxygen atoms in total. The molecule has 1 unspecified atom stereocenters. The maximum atomic E-state index is 10.5. The number of ether oxygens (including phenoxy) is 1. The van der Waals surface area contributed by atoms with E-state index in [9.17, 15) is 5.11 Å². The van der Waals surface area contributed by atoms with Crippen molar-refractivity contribution in [2.75, 3.05) is 27.3 Å². The van der Waals surface area contributed by atoms with Crippen molar-refractivity contribution in [1.29, 1.82) is 0 Å². The van der Waals surface area contributed by atoms with E-state index in [-0.39, 0.29) is 0 Å². The van der Waals surface area contributed by atoms with Gasteiger partial charge in [-0.3, -0.25) is 4.68 Å². The number of aliphatic hydroxyl groups is 1. The Balaban J connectivity index is 2.89. The molecule has 6 heteroatoms. The first-order valence-electron chi connectivity index (χ1n) is 5.60. The van der Waals surface area contributed by atoms with E-state index in [1.807, 2.05) is 7.05 Å². The number of rotatable bonds is 7. The molecule has 0 saturated carbocycles. The molecule has 17 heavy (non-hydrogen) atoms. The summed E-state index contributed by atoms with van der Waals surface area (Å²) < 4.78 is 7.64. The van der Waals surface area contributed by atoms with Crippen LogP contribution in [0.25, 0.3) is 0 Å². The summed E-state index contributed by atoms with van der Waals surface area (Å²) in [6, 6.07) is 0. The molecule has 1 aromatic rings. The van der Waals surface area contributed by atoms with Crippen molar-refractivity contribution >= 4 is 15.9 Å². The number of aromatic nitrogens is 2. The highest BCUT2D eigenvalue weighted by atomic mass is 79.9. The summed E-state index contributed by atoms with van der Waals surface area (Å²) in [5.74, 6) is 0. The van der Waals surface area contributed by atoms with Gasteiger partial charge in [0.25, 0.3) is 0 Å². The van der Waals surface area contributed by atoms with Crippen LogP contribution in [0.15, 0.2) is 10.7 Å². The van der Waals surface area contributed by atoms with Crippen LogP contribution in [-0.4, -0.2) is 42.2 Å². The second-order valence-corrected chi connectivity index (χ2v) is 5.04. The molecule has 0 bridgehead atoms. The quantitative estimate of drug-likeness (QED) is 0.792. The highest BCUT2D eigenvalue weighted by Crippen LogP contribution is 2.30. The van der Waals surface area contributed by atoms with E-state index in [1.54, 1.807) is 24.9 Å². The fourth-order valence-electron chi connectivity index (χ4n) is 1.73. The number of hydrogen-bond acceptors (Lipinski definition) is 4. The first-order chi connectivity index (χ1) is 8.03. The summed E-state index contributed by atoms with van der Waals surface area (Å²) in [5.41, 5.74) is -0.115. The summed E-state index contributed by atoms with van der Waals surface area (Å²) in [4.78, 5) is 0. The van der Waals surface area contributed by atoms with Crippen molar-refractivity contribution in [3.8, 4) is 0 Å². The summed E-state index contributed by atoms with van der Waals surface area (Å²) in [7, 11) is 3.52. The Morgan fingerprint density at radius 2 is 2.35 bits per heavy atom. The van der Waals surface area contributed by atoms with Crippen LogP contribution < -0.4 is 5.32 Å². The molecule has 0 saturated heterocycles. The standard InChI is InChI=1S/C11H20BrN3O2/c1-11(16,4-5-13-2)10-9(12)8-14-15(10)6-7-17-3/h8,13,16H,4-7H2,1-3H3. The smallest absolute Gasteiger partial charge is 0.106 e. The SMILES string of the molecule is CNCCC(C)(O)c1c(Br)cnn1CCOC. The van der Waals surface area contributed by atoms with Crippen LogP contribution in [0.1, 0.15) is 19.0 Å². The number of halogens is 1. The van der Waals surface area contributed by atoms with Gasteiger partial charge in [-0.25, -0.2) is 0 Å². The lowest BCUT2D eigenvalue weighted by atomic mass is 9.98. The topological polar surface area (TPSA) is 59.3 Å². The fourth-order valence-corrected chi connectivity index (χ4v) is 2.46. The lowest BCUT2D eigenvalue weighted by Crippen LogP contribution is -2.30. The second kappa shape index (κ2) is 6.49. The molecule has 0 aliphatic rings. The lowest BCUT2D eigenvalue weighted by Gasteiger charge is -2.25. The van der Waals surface area contributed by atoms with Crippen molar-refractivity contribution in [2.45, 2.75) is 25.5 Å².